The Balaban J connectivity index is 1.93. The minimum Gasteiger partial charge on any atom is -0.493 e. The Morgan fingerprint density at radius 2 is 2.12 bits per heavy atom. The van der Waals surface area contributed by atoms with Gasteiger partial charge in [-0.05, 0) is 57.0 Å². The fourth-order valence-corrected chi connectivity index (χ4v) is 3.18. The van der Waals surface area contributed by atoms with E-state index in [2.05, 4.69) is 23.1 Å². The van der Waals surface area contributed by atoms with Crippen molar-refractivity contribution in [1.82, 2.24) is 10.2 Å². The van der Waals surface area contributed by atoms with Crippen molar-refractivity contribution in [2.24, 2.45) is 5.92 Å². The third kappa shape index (κ3) is 5.40. The maximum absolute atomic E-state index is 12.6. The van der Waals surface area contributed by atoms with Crippen molar-refractivity contribution >= 4 is 5.91 Å². The fourth-order valence-electron chi connectivity index (χ4n) is 3.18. The topological polar surface area (TPSA) is 50.8 Å². The monoisotopic (exact) mass is 358 g/mol. The molecule has 1 aliphatic rings. The summed E-state index contributed by atoms with van der Waals surface area (Å²) in [6, 6.07) is 5.74. The number of amides is 1. The van der Waals surface area contributed by atoms with Gasteiger partial charge in [-0.3, -0.25) is 9.69 Å². The predicted molar refractivity (Wildman–Crippen MR) is 103 cm³/mol. The minimum atomic E-state index is -0.0830. The van der Waals surface area contributed by atoms with E-state index in [0.717, 1.165) is 43.7 Å². The largest absolute Gasteiger partial charge is 0.493 e. The SMILES string of the molecule is C#CCN1CCC(C(=O)NC(C)c2ccc(OCCC)c(OC)c2)CC1. The summed E-state index contributed by atoms with van der Waals surface area (Å²) in [5.74, 6) is 4.26. The van der Waals surface area contributed by atoms with Gasteiger partial charge in [0.25, 0.3) is 0 Å². The molecule has 0 radical (unpaired) electrons. The number of likely N-dealkylation sites (tertiary alicyclic amines) is 1. The molecule has 0 saturated carbocycles. The van der Waals surface area contributed by atoms with Gasteiger partial charge >= 0.3 is 0 Å². The fraction of sp³-hybridized carbons (Fsp3) is 0.571. The van der Waals surface area contributed by atoms with E-state index < -0.39 is 0 Å². The van der Waals surface area contributed by atoms with Crippen molar-refractivity contribution in [2.75, 3.05) is 33.4 Å². The van der Waals surface area contributed by atoms with Crippen LogP contribution in [0, 0.1) is 18.3 Å². The molecular weight excluding hydrogens is 328 g/mol. The van der Waals surface area contributed by atoms with E-state index in [-0.39, 0.29) is 17.9 Å². The minimum absolute atomic E-state index is 0.0560. The maximum atomic E-state index is 12.6. The summed E-state index contributed by atoms with van der Waals surface area (Å²) in [6.07, 6.45) is 8.01. The molecule has 2 rings (SSSR count). The Hall–Kier alpha value is -2.19. The lowest BCUT2D eigenvalue weighted by Crippen LogP contribution is -2.41. The van der Waals surface area contributed by atoms with Crippen LogP contribution in [0.1, 0.15) is 44.7 Å². The number of nitrogens with one attached hydrogen (secondary N) is 1. The van der Waals surface area contributed by atoms with Crippen LogP contribution in [0.3, 0.4) is 0 Å². The molecule has 0 aliphatic carbocycles. The number of methoxy groups -OCH3 is 1. The number of terminal acetylenes is 1. The number of ether oxygens (including phenoxy) is 2. The first kappa shape index (κ1) is 20.1. The van der Waals surface area contributed by atoms with Crippen LogP contribution in [0.2, 0.25) is 0 Å². The van der Waals surface area contributed by atoms with E-state index in [0.29, 0.717) is 18.9 Å². The van der Waals surface area contributed by atoms with Crippen molar-refractivity contribution in [1.29, 1.82) is 0 Å². The van der Waals surface area contributed by atoms with Gasteiger partial charge in [0, 0.05) is 5.92 Å². The Morgan fingerprint density at radius 1 is 1.38 bits per heavy atom. The van der Waals surface area contributed by atoms with Crippen molar-refractivity contribution < 1.29 is 14.3 Å². The molecule has 26 heavy (non-hydrogen) atoms. The first-order chi connectivity index (χ1) is 12.6. The molecule has 5 nitrogen and oxygen atoms in total. The first-order valence-electron chi connectivity index (χ1n) is 9.36. The van der Waals surface area contributed by atoms with Crippen LogP contribution in [-0.2, 0) is 4.79 Å². The zero-order valence-corrected chi connectivity index (χ0v) is 16.1. The zero-order valence-electron chi connectivity index (χ0n) is 16.1. The van der Waals surface area contributed by atoms with E-state index in [4.69, 9.17) is 15.9 Å². The summed E-state index contributed by atoms with van der Waals surface area (Å²) in [7, 11) is 1.63. The van der Waals surface area contributed by atoms with Gasteiger partial charge in [0.2, 0.25) is 5.91 Å². The highest BCUT2D eigenvalue weighted by molar-refractivity contribution is 5.79. The molecule has 1 aromatic carbocycles. The van der Waals surface area contributed by atoms with Crippen LogP contribution in [0.25, 0.3) is 0 Å². The highest BCUT2D eigenvalue weighted by atomic mass is 16.5. The number of hydrogen-bond acceptors (Lipinski definition) is 4. The second-order valence-corrected chi connectivity index (χ2v) is 6.74. The molecule has 1 aromatic rings. The van der Waals surface area contributed by atoms with Gasteiger partial charge < -0.3 is 14.8 Å². The molecule has 0 spiro atoms. The molecule has 1 unspecified atom stereocenters. The Kier molecular flexibility index (Phi) is 7.80. The summed E-state index contributed by atoms with van der Waals surface area (Å²) < 4.78 is 11.1. The van der Waals surface area contributed by atoms with Gasteiger partial charge in [0.05, 0.1) is 26.3 Å². The average molecular weight is 358 g/mol. The second-order valence-electron chi connectivity index (χ2n) is 6.74. The second kappa shape index (κ2) is 10.1. The van der Waals surface area contributed by atoms with E-state index in [1.54, 1.807) is 7.11 Å². The molecule has 1 N–H and O–H groups in total. The molecule has 1 saturated heterocycles. The number of carbonyl (C=O) groups is 1. The number of rotatable bonds is 8. The molecule has 1 fully saturated rings. The van der Waals surface area contributed by atoms with Gasteiger partial charge in [0.1, 0.15) is 0 Å². The maximum Gasteiger partial charge on any atom is 0.223 e. The Labute approximate surface area is 157 Å². The van der Waals surface area contributed by atoms with Crippen molar-refractivity contribution in [3.63, 3.8) is 0 Å². The third-order valence-electron chi connectivity index (χ3n) is 4.78. The van der Waals surface area contributed by atoms with Crippen LogP contribution in [0.15, 0.2) is 18.2 Å². The lowest BCUT2D eigenvalue weighted by molar-refractivity contribution is -0.127. The smallest absolute Gasteiger partial charge is 0.223 e. The Bertz CT molecular complexity index is 631. The third-order valence-corrected chi connectivity index (χ3v) is 4.78. The van der Waals surface area contributed by atoms with Crippen molar-refractivity contribution in [3.05, 3.63) is 23.8 Å². The summed E-state index contributed by atoms with van der Waals surface area (Å²) >= 11 is 0. The van der Waals surface area contributed by atoms with Gasteiger partial charge in [-0.15, -0.1) is 6.42 Å². The van der Waals surface area contributed by atoms with Gasteiger partial charge in [-0.2, -0.15) is 0 Å². The van der Waals surface area contributed by atoms with E-state index in [1.807, 2.05) is 25.1 Å². The standard InChI is InChI=1S/C21H30N2O3/c1-5-11-23-12-9-17(10-13-23)21(24)22-16(3)18-7-8-19(26-14-6-2)20(15-18)25-4/h1,7-8,15-17H,6,9-14H2,2-4H3,(H,22,24). The molecule has 1 aliphatic heterocycles. The molecule has 1 heterocycles. The number of nitrogens with zero attached hydrogens (tertiary/aromatic N) is 1. The van der Waals surface area contributed by atoms with Crippen molar-refractivity contribution in [3.8, 4) is 23.8 Å². The number of carbonyl (C=O) groups excluding carboxylic acids is 1. The quantitative estimate of drug-likeness (QED) is 0.726. The van der Waals surface area contributed by atoms with Crippen LogP contribution >= 0.6 is 0 Å². The van der Waals surface area contributed by atoms with Gasteiger partial charge in [0.15, 0.2) is 11.5 Å². The summed E-state index contributed by atoms with van der Waals surface area (Å²) in [5, 5.41) is 3.13. The van der Waals surface area contributed by atoms with Crippen LogP contribution in [0.4, 0.5) is 0 Å². The van der Waals surface area contributed by atoms with Crippen LogP contribution in [0.5, 0.6) is 11.5 Å². The van der Waals surface area contributed by atoms with E-state index >= 15 is 0 Å². The highest BCUT2D eigenvalue weighted by Crippen LogP contribution is 2.30. The number of benzene rings is 1. The molecular formula is C21H30N2O3. The zero-order chi connectivity index (χ0) is 18.9. The summed E-state index contributed by atoms with van der Waals surface area (Å²) in [6.45, 7) is 7.14. The van der Waals surface area contributed by atoms with Gasteiger partial charge in [-0.25, -0.2) is 0 Å². The van der Waals surface area contributed by atoms with Gasteiger partial charge in [-0.1, -0.05) is 18.9 Å². The molecule has 1 atom stereocenters. The first-order valence-corrected chi connectivity index (χ1v) is 9.36. The summed E-state index contributed by atoms with van der Waals surface area (Å²) in [5.41, 5.74) is 1.00. The lowest BCUT2D eigenvalue weighted by atomic mass is 9.95. The van der Waals surface area contributed by atoms with Crippen LogP contribution in [-0.4, -0.2) is 44.2 Å². The predicted octanol–water partition coefficient (Wildman–Crippen LogP) is 3.01. The normalized spacial score (nSPS) is 16.5. The number of piperidine rings is 1. The molecule has 0 bridgehead atoms. The highest BCUT2D eigenvalue weighted by Gasteiger charge is 2.25. The molecule has 142 valence electrons. The molecule has 5 heteroatoms. The van der Waals surface area contributed by atoms with Crippen molar-refractivity contribution in [2.45, 2.75) is 39.2 Å². The number of hydrogen-bond donors (Lipinski definition) is 1. The molecule has 1 amide bonds. The van der Waals surface area contributed by atoms with E-state index in [9.17, 15) is 4.79 Å². The van der Waals surface area contributed by atoms with Crippen LogP contribution < -0.4 is 14.8 Å². The Morgan fingerprint density at radius 3 is 2.73 bits per heavy atom. The average Bonchev–Trinajstić information content (AvgIpc) is 2.66. The van der Waals surface area contributed by atoms with E-state index in [1.165, 1.54) is 0 Å². The summed E-state index contributed by atoms with van der Waals surface area (Å²) in [4.78, 5) is 14.8. The molecule has 0 aromatic heterocycles. The lowest BCUT2D eigenvalue weighted by Gasteiger charge is -2.30.